The van der Waals surface area contributed by atoms with Gasteiger partial charge in [-0.15, -0.1) is 0 Å². The molecule has 0 atom stereocenters. The Morgan fingerprint density at radius 1 is 1.19 bits per heavy atom. The zero-order valence-electron chi connectivity index (χ0n) is 9.14. The first-order valence-electron chi connectivity index (χ1n) is 4.78. The average molecular weight is 233 g/mol. The molecule has 16 heavy (non-hydrogen) atoms. The number of para-hydroxylation sites is 1. The Labute approximate surface area is 92.2 Å². The van der Waals surface area contributed by atoms with Crippen LogP contribution in [0.1, 0.15) is 19.4 Å². The molecule has 0 fully saturated rings. The van der Waals surface area contributed by atoms with Gasteiger partial charge in [0.25, 0.3) is 0 Å². The molecule has 0 heterocycles. The molecular weight excluding hydrogens is 219 g/mol. The minimum atomic E-state index is -4.41. The summed E-state index contributed by atoms with van der Waals surface area (Å²) in [4.78, 5) is 0. The van der Waals surface area contributed by atoms with Crippen molar-refractivity contribution in [3.8, 4) is 5.75 Å². The van der Waals surface area contributed by atoms with Gasteiger partial charge in [-0.3, -0.25) is 0 Å². The smallest absolute Gasteiger partial charge is 0.419 e. The molecule has 0 spiro atoms. The molecule has 0 aliphatic rings. The minimum Gasteiger partial charge on any atom is -0.491 e. The third-order valence-corrected chi connectivity index (χ3v) is 1.79. The molecule has 1 aromatic carbocycles. The van der Waals surface area contributed by atoms with Crippen molar-refractivity contribution in [2.24, 2.45) is 5.73 Å². The average Bonchev–Trinajstić information content (AvgIpc) is 2.12. The van der Waals surface area contributed by atoms with Crippen molar-refractivity contribution >= 4 is 0 Å². The van der Waals surface area contributed by atoms with Gasteiger partial charge in [0.1, 0.15) is 12.4 Å². The number of benzene rings is 1. The Balaban J connectivity index is 2.88. The molecule has 0 unspecified atom stereocenters. The van der Waals surface area contributed by atoms with Gasteiger partial charge in [-0.1, -0.05) is 12.1 Å². The number of ether oxygens (including phenoxy) is 1. The molecule has 90 valence electrons. The Bertz CT molecular complexity index is 355. The molecule has 0 saturated carbocycles. The van der Waals surface area contributed by atoms with Crippen molar-refractivity contribution in [2.45, 2.75) is 25.6 Å². The summed E-state index contributed by atoms with van der Waals surface area (Å²) in [7, 11) is 0. The van der Waals surface area contributed by atoms with Crippen molar-refractivity contribution < 1.29 is 17.9 Å². The van der Waals surface area contributed by atoms with Crippen LogP contribution < -0.4 is 10.5 Å². The molecule has 0 aliphatic carbocycles. The van der Waals surface area contributed by atoms with Crippen LogP contribution in [0.15, 0.2) is 24.3 Å². The lowest BCUT2D eigenvalue weighted by Crippen LogP contribution is -2.38. The van der Waals surface area contributed by atoms with Crippen LogP contribution in [0, 0.1) is 0 Å². The van der Waals surface area contributed by atoms with E-state index in [0.717, 1.165) is 6.07 Å². The normalized spacial score (nSPS) is 12.6. The zero-order chi connectivity index (χ0) is 12.4. The fraction of sp³-hybridized carbons (Fsp3) is 0.455. The largest absolute Gasteiger partial charge is 0.491 e. The second kappa shape index (κ2) is 4.33. The van der Waals surface area contributed by atoms with Crippen molar-refractivity contribution in [1.29, 1.82) is 0 Å². The van der Waals surface area contributed by atoms with E-state index in [1.807, 2.05) is 0 Å². The number of rotatable bonds is 3. The van der Waals surface area contributed by atoms with E-state index in [9.17, 15) is 13.2 Å². The van der Waals surface area contributed by atoms with E-state index in [0.29, 0.717) is 0 Å². The number of hydrogen-bond acceptors (Lipinski definition) is 2. The Kier molecular flexibility index (Phi) is 3.48. The van der Waals surface area contributed by atoms with Crippen LogP contribution in [0.3, 0.4) is 0 Å². The van der Waals surface area contributed by atoms with E-state index in [4.69, 9.17) is 10.5 Å². The summed E-state index contributed by atoms with van der Waals surface area (Å²) < 4.78 is 42.8. The third-order valence-electron chi connectivity index (χ3n) is 1.79. The van der Waals surface area contributed by atoms with Crippen LogP contribution in [0.25, 0.3) is 0 Å². The predicted molar refractivity (Wildman–Crippen MR) is 55.2 cm³/mol. The van der Waals surface area contributed by atoms with E-state index < -0.39 is 17.3 Å². The van der Waals surface area contributed by atoms with E-state index in [-0.39, 0.29) is 12.4 Å². The van der Waals surface area contributed by atoms with Gasteiger partial charge < -0.3 is 10.5 Å². The molecule has 1 rings (SSSR count). The van der Waals surface area contributed by atoms with Crippen molar-refractivity contribution in [3.63, 3.8) is 0 Å². The molecule has 5 heteroatoms. The topological polar surface area (TPSA) is 35.2 Å². The van der Waals surface area contributed by atoms with Gasteiger partial charge in [0.15, 0.2) is 0 Å². The maximum Gasteiger partial charge on any atom is 0.419 e. The zero-order valence-corrected chi connectivity index (χ0v) is 9.14. The van der Waals surface area contributed by atoms with Gasteiger partial charge in [0.2, 0.25) is 0 Å². The SMILES string of the molecule is CC(C)(N)COc1ccccc1C(F)(F)F. The second-order valence-corrected chi connectivity index (χ2v) is 4.27. The van der Waals surface area contributed by atoms with Gasteiger partial charge in [0.05, 0.1) is 5.56 Å². The van der Waals surface area contributed by atoms with Crippen LogP contribution in [-0.2, 0) is 6.18 Å². The van der Waals surface area contributed by atoms with Crippen LogP contribution in [-0.4, -0.2) is 12.1 Å². The lowest BCUT2D eigenvalue weighted by Gasteiger charge is -2.21. The van der Waals surface area contributed by atoms with Gasteiger partial charge >= 0.3 is 6.18 Å². The van der Waals surface area contributed by atoms with Gasteiger partial charge in [0, 0.05) is 5.54 Å². The van der Waals surface area contributed by atoms with E-state index in [1.54, 1.807) is 13.8 Å². The van der Waals surface area contributed by atoms with Crippen molar-refractivity contribution in [2.75, 3.05) is 6.61 Å². The van der Waals surface area contributed by atoms with Crippen LogP contribution in [0.2, 0.25) is 0 Å². The van der Waals surface area contributed by atoms with E-state index >= 15 is 0 Å². The summed E-state index contributed by atoms with van der Waals surface area (Å²) in [6.45, 7) is 3.40. The summed E-state index contributed by atoms with van der Waals surface area (Å²) in [5.41, 5.74) is 4.19. The Hall–Kier alpha value is -1.23. The van der Waals surface area contributed by atoms with Crippen LogP contribution in [0.5, 0.6) is 5.75 Å². The summed E-state index contributed by atoms with van der Waals surface area (Å²) in [6, 6.07) is 5.09. The lowest BCUT2D eigenvalue weighted by atomic mass is 10.1. The molecule has 0 aliphatic heterocycles. The maximum atomic E-state index is 12.6. The quantitative estimate of drug-likeness (QED) is 0.871. The minimum absolute atomic E-state index is 0.0279. The van der Waals surface area contributed by atoms with Crippen LogP contribution in [0.4, 0.5) is 13.2 Å². The molecule has 1 aromatic rings. The summed E-state index contributed by atoms with van der Waals surface area (Å²) in [6.07, 6.45) is -4.41. The third kappa shape index (κ3) is 3.73. The Morgan fingerprint density at radius 2 is 1.75 bits per heavy atom. The van der Waals surface area contributed by atoms with Gasteiger partial charge in [-0.25, -0.2) is 0 Å². The molecule has 2 nitrogen and oxygen atoms in total. The standard InChI is InChI=1S/C11H14F3NO/c1-10(2,15)7-16-9-6-4-3-5-8(9)11(12,13)14/h3-6H,7,15H2,1-2H3. The molecule has 0 amide bonds. The van der Waals surface area contributed by atoms with Gasteiger partial charge in [-0.2, -0.15) is 13.2 Å². The molecule has 0 bridgehead atoms. The number of halogens is 3. The fourth-order valence-electron chi connectivity index (χ4n) is 1.09. The highest BCUT2D eigenvalue weighted by Gasteiger charge is 2.34. The summed E-state index contributed by atoms with van der Waals surface area (Å²) in [5.74, 6) is -0.187. The molecule has 0 radical (unpaired) electrons. The number of alkyl halides is 3. The number of nitrogens with two attached hydrogens (primary N) is 1. The molecule has 2 N–H and O–H groups in total. The first-order valence-corrected chi connectivity index (χ1v) is 4.78. The molecular formula is C11H14F3NO. The highest BCUT2D eigenvalue weighted by molar-refractivity contribution is 5.35. The van der Waals surface area contributed by atoms with Crippen molar-refractivity contribution in [3.05, 3.63) is 29.8 Å². The fourth-order valence-corrected chi connectivity index (χ4v) is 1.09. The predicted octanol–water partition coefficient (Wildman–Crippen LogP) is 2.82. The second-order valence-electron chi connectivity index (χ2n) is 4.27. The first-order chi connectivity index (χ1) is 7.20. The highest BCUT2D eigenvalue weighted by atomic mass is 19.4. The van der Waals surface area contributed by atoms with Crippen molar-refractivity contribution in [1.82, 2.24) is 0 Å². The van der Waals surface area contributed by atoms with Crippen LogP contribution >= 0.6 is 0 Å². The highest BCUT2D eigenvalue weighted by Crippen LogP contribution is 2.35. The lowest BCUT2D eigenvalue weighted by molar-refractivity contribution is -0.139. The first kappa shape index (κ1) is 12.8. The summed E-state index contributed by atoms with van der Waals surface area (Å²) >= 11 is 0. The summed E-state index contributed by atoms with van der Waals surface area (Å²) in [5, 5.41) is 0. The van der Waals surface area contributed by atoms with Gasteiger partial charge in [-0.05, 0) is 26.0 Å². The Morgan fingerprint density at radius 3 is 2.25 bits per heavy atom. The van der Waals surface area contributed by atoms with E-state index in [1.165, 1.54) is 18.2 Å². The monoisotopic (exact) mass is 233 g/mol. The number of hydrogen-bond donors (Lipinski definition) is 1. The molecule has 0 saturated heterocycles. The molecule has 0 aromatic heterocycles. The maximum absolute atomic E-state index is 12.6. The van der Waals surface area contributed by atoms with E-state index in [2.05, 4.69) is 0 Å².